The molecule has 2 aliphatic rings. The number of urea groups is 1. The SMILES string of the molecule is CCN1CCN(C(=O)NCC(=O)[N+](C(=O)[C@@H](N)CCSC)(c2ccccc2)C2CN(S(=O)(=O)O)C2=O)C(=O)C1=O. The summed E-state index contributed by atoms with van der Waals surface area (Å²) in [6.45, 7) is 0.327. The minimum absolute atomic E-state index is 0.0116. The van der Waals surface area contributed by atoms with Crippen LogP contribution in [0.2, 0.25) is 0 Å². The van der Waals surface area contributed by atoms with E-state index in [0.29, 0.717) is 10.7 Å². The Kier molecular flexibility index (Phi) is 9.68. The van der Waals surface area contributed by atoms with Crippen LogP contribution in [0.15, 0.2) is 30.3 Å². The molecule has 2 unspecified atom stereocenters. The number of carbonyl (C=O) groups is 6. The van der Waals surface area contributed by atoms with E-state index in [1.807, 2.05) is 0 Å². The van der Waals surface area contributed by atoms with Gasteiger partial charge in [-0.2, -0.15) is 24.7 Å². The van der Waals surface area contributed by atoms with E-state index in [1.54, 1.807) is 19.2 Å². The molecule has 17 heteroatoms. The zero-order valence-corrected chi connectivity index (χ0v) is 23.5. The first-order valence-corrected chi connectivity index (χ1v) is 15.1. The molecule has 0 aliphatic carbocycles. The lowest BCUT2D eigenvalue weighted by Crippen LogP contribution is -2.80. The maximum Gasteiger partial charge on any atom is 0.362 e. The summed E-state index contributed by atoms with van der Waals surface area (Å²) in [6, 6.07) is 3.41. The average Bonchev–Trinajstić information content (AvgIpc) is 2.92. The van der Waals surface area contributed by atoms with Gasteiger partial charge in [0, 0.05) is 31.8 Å². The summed E-state index contributed by atoms with van der Waals surface area (Å²) in [5, 5.41) is 2.25. The number of amides is 7. The zero-order chi connectivity index (χ0) is 29.8. The number of nitrogens with one attached hydrogen (secondary N) is 1. The van der Waals surface area contributed by atoms with Crippen LogP contribution in [0.5, 0.6) is 0 Å². The lowest BCUT2D eigenvalue weighted by molar-refractivity contribution is -0.159. The Labute approximate surface area is 235 Å². The van der Waals surface area contributed by atoms with Crippen LogP contribution in [-0.4, -0.2) is 119 Å². The minimum atomic E-state index is -4.97. The molecule has 0 bridgehead atoms. The Balaban J connectivity index is 1.99. The van der Waals surface area contributed by atoms with E-state index in [2.05, 4.69) is 5.32 Å². The normalized spacial score (nSPS) is 20.1. The van der Waals surface area contributed by atoms with E-state index in [1.165, 1.54) is 40.9 Å². The van der Waals surface area contributed by atoms with Crippen molar-refractivity contribution in [1.82, 2.24) is 23.9 Å². The Morgan fingerprint density at radius 1 is 1.15 bits per heavy atom. The van der Waals surface area contributed by atoms with Gasteiger partial charge in [-0.1, -0.05) is 18.2 Å². The number of nitrogens with zero attached hydrogens (tertiary/aromatic N) is 4. The van der Waals surface area contributed by atoms with Gasteiger partial charge < -0.3 is 16.0 Å². The molecular weight excluding hydrogens is 568 g/mol. The van der Waals surface area contributed by atoms with Gasteiger partial charge in [-0.05, 0) is 25.4 Å². The first-order chi connectivity index (χ1) is 18.8. The molecule has 0 saturated carbocycles. The topological polar surface area (TPSA) is 205 Å². The van der Waals surface area contributed by atoms with Crippen LogP contribution in [0, 0.1) is 0 Å². The molecule has 4 N–H and O–H groups in total. The van der Waals surface area contributed by atoms with Crippen molar-refractivity contribution in [3.05, 3.63) is 30.3 Å². The van der Waals surface area contributed by atoms with Crippen molar-refractivity contribution >= 4 is 63.3 Å². The molecular formula is C23H31N6O9S2+. The largest absolute Gasteiger partial charge is 0.362 e. The summed E-state index contributed by atoms with van der Waals surface area (Å²) in [4.78, 5) is 80.3. The van der Waals surface area contributed by atoms with Crippen LogP contribution in [0.3, 0.4) is 0 Å². The summed E-state index contributed by atoms with van der Waals surface area (Å²) in [5.41, 5.74) is 6.16. The van der Waals surface area contributed by atoms with Crippen molar-refractivity contribution < 1.29 is 41.7 Å². The highest BCUT2D eigenvalue weighted by molar-refractivity contribution is 7.98. The lowest BCUT2D eigenvalue weighted by Gasteiger charge is -2.46. The first-order valence-electron chi connectivity index (χ1n) is 12.3. The Hall–Kier alpha value is -3.38. The number of likely N-dealkylation sites (N-methyl/N-ethyl adjacent to an activating group) is 1. The predicted octanol–water partition coefficient (Wildman–Crippen LogP) is -1.46. The van der Waals surface area contributed by atoms with Gasteiger partial charge in [0.2, 0.25) is 6.04 Å². The van der Waals surface area contributed by atoms with Crippen LogP contribution in [0.25, 0.3) is 0 Å². The van der Waals surface area contributed by atoms with Gasteiger partial charge in [0.15, 0.2) is 0 Å². The van der Waals surface area contributed by atoms with E-state index in [0.717, 1.165) is 0 Å². The summed E-state index contributed by atoms with van der Waals surface area (Å²) >= 11 is 1.39. The third kappa shape index (κ3) is 5.73. The Morgan fingerprint density at radius 2 is 1.80 bits per heavy atom. The van der Waals surface area contributed by atoms with Crippen molar-refractivity contribution in [2.24, 2.45) is 5.73 Å². The molecule has 7 amide bonds. The van der Waals surface area contributed by atoms with E-state index < -0.39 is 75.5 Å². The number of thioether (sulfide) groups is 1. The molecule has 2 saturated heterocycles. The molecule has 0 radical (unpaired) electrons. The monoisotopic (exact) mass is 599 g/mol. The number of carbonyl (C=O) groups excluding carboxylic acids is 6. The van der Waals surface area contributed by atoms with Crippen LogP contribution >= 0.6 is 11.8 Å². The Bertz CT molecular complexity index is 1310. The highest BCUT2D eigenvalue weighted by atomic mass is 32.2. The van der Waals surface area contributed by atoms with Crippen LogP contribution in [0.4, 0.5) is 10.5 Å². The van der Waals surface area contributed by atoms with Gasteiger partial charge in [-0.15, -0.1) is 0 Å². The minimum Gasteiger partial charge on any atom is -0.333 e. The molecule has 40 heavy (non-hydrogen) atoms. The fourth-order valence-corrected chi connectivity index (χ4v) is 5.78. The molecule has 2 heterocycles. The third-order valence-corrected chi connectivity index (χ3v) is 8.33. The molecule has 3 atom stereocenters. The molecule has 2 fully saturated rings. The maximum atomic E-state index is 14.0. The number of quaternary nitrogens is 1. The van der Waals surface area contributed by atoms with Crippen molar-refractivity contribution in [3.8, 4) is 0 Å². The van der Waals surface area contributed by atoms with Gasteiger partial charge in [-0.25, -0.2) is 18.7 Å². The van der Waals surface area contributed by atoms with Gasteiger partial charge >= 0.3 is 40.0 Å². The quantitative estimate of drug-likeness (QED) is 0.123. The smallest absolute Gasteiger partial charge is 0.333 e. The fourth-order valence-electron chi connectivity index (χ4n) is 4.61. The molecule has 3 rings (SSSR count). The molecule has 1 aromatic rings. The molecule has 15 nitrogen and oxygen atoms in total. The third-order valence-electron chi connectivity index (χ3n) is 6.80. The van der Waals surface area contributed by atoms with E-state index in [-0.39, 0.29) is 36.0 Å². The van der Waals surface area contributed by atoms with Crippen molar-refractivity contribution in [3.63, 3.8) is 0 Å². The van der Waals surface area contributed by atoms with Gasteiger partial charge in [-0.3, -0.25) is 23.8 Å². The standard InChI is InChI=1S/C23H30N6O9S2/c1-3-26-10-11-27(21(33)20(26)32)23(35)25-13-18(30)29(15-7-5-4-6-8-15,22(34)16(24)9-12-39-2)17-14-28(19(17)31)40(36,37)38/h4-8,16-17H,3,9-14,24H2,1-2H3,(H-,25,35,36,37,38)/p+1/t16-,17?,29?/m0/s1. The average molecular weight is 600 g/mol. The zero-order valence-electron chi connectivity index (χ0n) is 21.9. The molecule has 218 valence electrons. The first kappa shape index (κ1) is 31.2. The summed E-state index contributed by atoms with van der Waals surface area (Å²) < 4.78 is 31.5. The molecule has 2 aliphatic heterocycles. The van der Waals surface area contributed by atoms with E-state index in [4.69, 9.17) is 5.73 Å². The predicted molar refractivity (Wildman–Crippen MR) is 144 cm³/mol. The van der Waals surface area contributed by atoms with Crippen LogP contribution in [0.1, 0.15) is 13.3 Å². The number of imide groups is 2. The number of para-hydroxylation sites is 1. The van der Waals surface area contributed by atoms with E-state index in [9.17, 15) is 41.7 Å². The fraction of sp³-hybridized carbons (Fsp3) is 0.478. The second kappa shape index (κ2) is 12.4. The Morgan fingerprint density at radius 3 is 2.35 bits per heavy atom. The summed E-state index contributed by atoms with van der Waals surface area (Å²) in [7, 11) is -4.97. The molecule has 0 aromatic heterocycles. The summed E-state index contributed by atoms with van der Waals surface area (Å²) in [6.07, 6.45) is 1.90. The number of hydrogen-bond acceptors (Lipinski definition) is 10. The maximum absolute atomic E-state index is 14.0. The van der Waals surface area contributed by atoms with E-state index >= 15 is 0 Å². The van der Waals surface area contributed by atoms with Gasteiger partial charge in [0.25, 0.3) is 5.91 Å². The summed E-state index contributed by atoms with van der Waals surface area (Å²) in [5.74, 6) is -4.71. The number of hydrogen-bond donors (Lipinski definition) is 3. The number of piperazine rings is 1. The number of benzene rings is 1. The number of rotatable bonds is 10. The van der Waals surface area contributed by atoms with Crippen molar-refractivity contribution in [2.75, 3.05) is 44.7 Å². The number of nitrogens with two attached hydrogens (primary N) is 1. The molecule has 0 spiro atoms. The van der Waals surface area contributed by atoms with Crippen LogP contribution < -0.4 is 15.5 Å². The number of β-lactam (4-membered cyclic amide) rings is 1. The highest BCUT2D eigenvalue weighted by Crippen LogP contribution is 2.35. The second-order valence-corrected chi connectivity index (χ2v) is 11.4. The van der Waals surface area contributed by atoms with Crippen molar-refractivity contribution in [1.29, 1.82) is 0 Å². The highest BCUT2D eigenvalue weighted by Gasteiger charge is 2.64. The van der Waals surface area contributed by atoms with Crippen molar-refractivity contribution in [2.45, 2.75) is 25.4 Å². The lowest BCUT2D eigenvalue weighted by atomic mass is 9.99. The molecule has 1 aromatic carbocycles. The second-order valence-electron chi connectivity index (χ2n) is 9.04. The van der Waals surface area contributed by atoms with Gasteiger partial charge in [0.05, 0.1) is 0 Å². The van der Waals surface area contributed by atoms with Gasteiger partial charge in [0.1, 0.15) is 24.8 Å². The van der Waals surface area contributed by atoms with Crippen LogP contribution in [-0.2, 0) is 34.3 Å².